The standard InChI is InChI=1S/C11H21NO2/c1-9(8-11(13)14)10(2)12-6-4-3-5-7-12/h9-10H,3-8H2,1-2H3,(H,13,14). The van der Waals surface area contributed by atoms with Crippen molar-refractivity contribution in [2.75, 3.05) is 13.1 Å². The van der Waals surface area contributed by atoms with Crippen molar-refractivity contribution in [3.05, 3.63) is 0 Å². The molecule has 0 aromatic rings. The molecule has 1 aliphatic rings. The fourth-order valence-corrected chi connectivity index (χ4v) is 2.13. The molecule has 14 heavy (non-hydrogen) atoms. The Hall–Kier alpha value is -0.570. The summed E-state index contributed by atoms with van der Waals surface area (Å²) in [6.07, 6.45) is 4.16. The van der Waals surface area contributed by atoms with Gasteiger partial charge in [0.1, 0.15) is 0 Å². The molecular weight excluding hydrogens is 178 g/mol. The smallest absolute Gasteiger partial charge is 0.303 e. The van der Waals surface area contributed by atoms with Gasteiger partial charge < -0.3 is 10.0 Å². The third-order valence-corrected chi connectivity index (χ3v) is 3.29. The summed E-state index contributed by atoms with van der Waals surface area (Å²) >= 11 is 0. The van der Waals surface area contributed by atoms with Gasteiger partial charge in [-0.2, -0.15) is 0 Å². The molecule has 3 heteroatoms. The second kappa shape index (κ2) is 5.35. The van der Waals surface area contributed by atoms with E-state index in [0.717, 1.165) is 13.1 Å². The summed E-state index contributed by atoms with van der Waals surface area (Å²) < 4.78 is 0. The maximum absolute atomic E-state index is 10.6. The van der Waals surface area contributed by atoms with Crippen molar-refractivity contribution in [3.8, 4) is 0 Å². The van der Waals surface area contributed by atoms with Crippen molar-refractivity contribution < 1.29 is 9.90 Å². The second-order valence-corrected chi connectivity index (χ2v) is 4.41. The van der Waals surface area contributed by atoms with Crippen LogP contribution in [0.5, 0.6) is 0 Å². The summed E-state index contributed by atoms with van der Waals surface area (Å²) in [5.74, 6) is -0.424. The van der Waals surface area contributed by atoms with E-state index in [0.29, 0.717) is 6.04 Å². The van der Waals surface area contributed by atoms with Crippen LogP contribution in [0.1, 0.15) is 39.5 Å². The lowest BCUT2D eigenvalue weighted by molar-refractivity contribution is -0.138. The minimum atomic E-state index is -0.679. The number of aliphatic carboxylic acids is 1. The van der Waals surface area contributed by atoms with Gasteiger partial charge in [-0.15, -0.1) is 0 Å². The Morgan fingerprint density at radius 3 is 2.36 bits per heavy atom. The molecule has 0 spiro atoms. The van der Waals surface area contributed by atoms with Crippen LogP contribution in [0.15, 0.2) is 0 Å². The number of hydrogen-bond donors (Lipinski definition) is 1. The summed E-state index contributed by atoms with van der Waals surface area (Å²) in [7, 11) is 0. The van der Waals surface area contributed by atoms with E-state index in [1.165, 1.54) is 19.3 Å². The Morgan fingerprint density at radius 1 is 1.29 bits per heavy atom. The van der Waals surface area contributed by atoms with Crippen molar-refractivity contribution in [2.45, 2.75) is 45.6 Å². The first-order valence-corrected chi connectivity index (χ1v) is 5.57. The highest BCUT2D eigenvalue weighted by atomic mass is 16.4. The van der Waals surface area contributed by atoms with Gasteiger partial charge in [-0.05, 0) is 38.8 Å². The third kappa shape index (κ3) is 3.29. The molecule has 82 valence electrons. The molecule has 0 aliphatic carbocycles. The molecule has 2 unspecified atom stereocenters. The second-order valence-electron chi connectivity index (χ2n) is 4.41. The zero-order valence-electron chi connectivity index (χ0n) is 9.20. The molecule has 1 saturated heterocycles. The molecule has 0 saturated carbocycles. The van der Waals surface area contributed by atoms with Crippen LogP contribution in [0.25, 0.3) is 0 Å². The summed E-state index contributed by atoms with van der Waals surface area (Å²) in [5.41, 5.74) is 0. The van der Waals surface area contributed by atoms with Crippen LogP contribution in [0.3, 0.4) is 0 Å². The summed E-state index contributed by atoms with van der Waals surface area (Å²) in [6.45, 7) is 6.47. The highest BCUT2D eigenvalue weighted by Gasteiger charge is 2.23. The molecule has 1 rings (SSSR count). The van der Waals surface area contributed by atoms with E-state index in [1.54, 1.807) is 0 Å². The number of carbonyl (C=O) groups is 1. The molecule has 1 fully saturated rings. The first kappa shape index (κ1) is 11.5. The first-order chi connectivity index (χ1) is 6.61. The van der Waals surface area contributed by atoms with Crippen LogP contribution < -0.4 is 0 Å². The van der Waals surface area contributed by atoms with Gasteiger partial charge in [-0.1, -0.05) is 13.3 Å². The predicted octanol–water partition coefficient (Wildman–Crippen LogP) is 1.97. The van der Waals surface area contributed by atoms with Gasteiger partial charge in [0, 0.05) is 12.5 Å². The average molecular weight is 199 g/mol. The van der Waals surface area contributed by atoms with Crippen molar-refractivity contribution in [2.24, 2.45) is 5.92 Å². The molecule has 0 amide bonds. The molecule has 0 radical (unpaired) electrons. The van der Waals surface area contributed by atoms with Crippen LogP contribution in [0.4, 0.5) is 0 Å². The van der Waals surface area contributed by atoms with E-state index < -0.39 is 5.97 Å². The van der Waals surface area contributed by atoms with E-state index in [9.17, 15) is 4.79 Å². The van der Waals surface area contributed by atoms with Gasteiger partial charge in [0.15, 0.2) is 0 Å². The molecule has 0 aromatic heterocycles. The van der Waals surface area contributed by atoms with Crippen molar-refractivity contribution in [1.82, 2.24) is 4.90 Å². The lowest BCUT2D eigenvalue weighted by atomic mass is 9.96. The number of carboxylic acids is 1. The number of nitrogens with zero attached hydrogens (tertiary/aromatic N) is 1. The number of rotatable bonds is 4. The summed E-state index contributed by atoms with van der Waals surface area (Å²) in [5, 5.41) is 8.71. The molecule has 2 atom stereocenters. The molecule has 1 N–H and O–H groups in total. The Labute approximate surface area is 86.1 Å². The normalized spacial score (nSPS) is 23.0. The Balaban J connectivity index is 2.37. The number of hydrogen-bond acceptors (Lipinski definition) is 2. The highest BCUT2D eigenvalue weighted by Crippen LogP contribution is 2.19. The van der Waals surface area contributed by atoms with E-state index in [1.807, 2.05) is 6.92 Å². The largest absolute Gasteiger partial charge is 0.481 e. The monoisotopic (exact) mass is 199 g/mol. The topological polar surface area (TPSA) is 40.5 Å². The zero-order chi connectivity index (χ0) is 10.6. The Morgan fingerprint density at radius 2 is 1.86 bits per heavy atom. The van der Waals surface area contributed by atoms with E-state index in [4.69, 9.17) is 5.11 Å². The number of likely N-dealkylation sites (tertiary alicyclic amines) is 1. The molecule has 0 bridgehead atoms. The minimum absolute atomic E-state index is 0.255. The molecule has 3 nitrogen and oxygen atoms in total. The van der Waals surface area contributed by atoms with Crippen molar-refractivity contribution in [3.63, 3.8) is 0 Å². The number of carboxylic acid groups (broad SMARTS) is 1. The van der Waals surface area contributed by atoms with E-state index in [-0.39, 0.29) is 12.3 Å². The molecule has 0 aromatic carbocycles. The lowest BCUT2D eigenvalue weighted by Crippen LogP contribution is -2.41. The summed E-state index contributed by atoms with van der Waals surface area (Å²) in [4.78, 5) is 13.0. The van der Waals surface area contributed by atoms with Crippen molar-refractivity contribution >= 4 is 5.97 Å². The number of piperidine rings is 1. The fraction of sp³-hybridized carbons (Fsp3) is 0.909. The fourth-order valence-electron chi connectivity index (χ4n) is 2.13. The van der Waals surface area contributed by atoms with Crippen LogP contribution in [-0.4, -0.2) is 35.1 Å². The Bertz CT molecular complexity index is 188. The van der Waals surface area contributed by atoms with Crippen LogP contribution >= 0.6 is 0 Å². The first-order valence-electron chi connectivity index (χ1n) is 5.57. The van der Waals surface area contributed by atoms with Gasteiger partial charge in [-0.25, -0.2) is 0 Å². The van der Waals surface area contributed by atoms with Gasteiger partial charge in [0.2, 0.25) is 0 Å². The predicted molar refractivity (Wildman–Crippen MR) is 56.3 cm³/mol. The average Bonchev–Trinajstić information content (AvgIpc) is 2.17. The Kier molecular flexibility index (Phi) is 4.39. The van der Waals surface area contributed by atoms with Gasteiger partial charge >= 0.3 is 5.97 Å². The maximum atomic E-state index is 10.6. The summed E-state index contributed by atoms with van der Waals surface area (Å²) in [6, 6.07) is 0.409. The van der Waals surface area contributed by atoms with Crippen LogP contribution in [0.2, 0.25) is 0 Å². The molecule has 1 aliphatic heterocycles. The third-order valence-electron chi connectivity index (χ3n) is 3.29. The maximum Gasteiger partial charge on any atom is 0.303 e. The zero-order valence-corrected chi connectivity index (χ0v) is 9.20. The van der Waals surface area contributed by atoms with E-state index >= 15 is 0 Å². The van der Waals surface area contributed by atoms with Gasteiger partial charge in [0.25, 0.3) is 0 Å². The minimum Gasteiger partial charge on any atom is -0.481 e. The van der Waals surface area contributed by atoms with Crippen LogP contribution in [0, 0.1) is 5.92 Å². The molecule has 1 heterocycles. The lowest BCUT2D eigenvalue weighted by Gasteiger charge is -2.35. The van der Waals surface area contributed by atoms with Gasteiger partial charge in [0.05, 0.1) is 0 Å². The van der Waals surface area contributed by atoms with Crippen molar-refractivity contribution in [1.29, 1.82) is 0 Å². The van der Waals surface area contributed by atoms with Gasteiger partial charge in [-0.3, -0.25) is 4.79 Å². The van der Waals surface area contributed by atoms with E-state index in [2.05, 4.69) is 11.8 Å². The quantitative estimate of drug-likeness (QED) is 0.752. The molecular formula is C11H21NO2. The highest BCUT2D eigenvalue weighted by molar-refractivity contribution is 5.67. The van der Waals surface area contributed by atoms with Crippen LogP contribution in [-0.2, 0) is 4.79 Å². The SMILES string of the molecule is CC(CC(=O)O)C(C)N1CCCCC1.